The van der Waals surface area contributed by atoms with E-state index in [2.05, 4.69) is 34.0 Å². The molecule has 1 aliphatic rings. The number of thiophene rings is 1. The number of nitrogens with zero attached hydrogens (tertiary/aromatic N) is 3. The number of amides is 2. The normalized spacial score (nSPS) is 16.6. The summed E-state index contributed by atoms with van der Waals surface area (Å²) in [6.45, 7) is 2.62. The zero-order valence-corrected chi connectivity index (χ0v) is 15.1. The van der Waals surface area contributed by atoms with Crippen molar-refractivity contribution in [1.29, 1.82) is 0 Å². The molecule has 6 heteroatoms. The molecular formula is C19H20N4OS. The molecule has 4 rings (SSSR count). The number of rotatable bonds is 2. The molecule has 0 spiro atoms. The average Bonchev–Trinajstić information content (AvgIpc) is 3.20. The van der Waals surface area contributed by atoms with Crippen LogP contribution >= 0.6 is 11.3 Å². The van der Waals surface area contributed by atoms with E-state index in [9.17, 15) is 4.79 Å². The average molecular weight is 352 g/mol. The quantitative estimate of drug-likeness (QED) is 0.759. The lowest BCUT2D eigenvalue weighted by Gasteiger charge is -2.36. The third-order valence-corrected chi connectivity index (χ3v) is 5.58. The molecule has 2 amide bonds. The van der Waals surface area contributed by atoms with E-state index in [0.717, 1.165) is 17.7 Å². The van der Waals surface area contributed by atoms with Crippen LogP contribution in [0.2, 0.25) is 0 Å². The summed E-state index contributed by atoms with van der Waals surface area (Å²) in [6.07, 6.45) is 0.897. The van der Waals surface area contributed by atoms with Crippen LogP contribution in [-0.4, -0.2) is 27.3 Å². The molecule has 0 radical (unpaired) electrons. The molecule has 5 nitrogen and oxygen atoms in total. The Labute approximate surface area is 150 Å². The third-order valence-electron chi connectivity index (χ3n) is 4.58. The minimum atomic E-state index is -0.0892. The summed E-state index contributed by atoms with van der Waals surface area (Å²) in [7, 11) is 1.84. The van der Waals surface area contributed by atoms with Gasteiger partial charge in [0.1, 0.15) is 5.82 Å². The monoisotopic (exact) mass is 352 g/mol. The molecule has 0 bridgehead atoms. The van der Waals surface area contributed by atoms with Gasteiger partial charge in [-0.15, -0.1) is 11.3 Å². The maximum atomic E-state index is 13.0. The van der Waals surface area contributed by atoms with Crippen molar-refractivity contribution >= 4 is 23.2 Å². The van der Waals surface area contributed by atoms with Crippen LogP contribution in [0.3, 0.4) is 0 Å². The van der Waals surface area contributed by atoms with Crippen LogP contribution in [0.1, 0.15) is 27.7 Å². The van der Waals surface area contributed by atoms with Crippen molar-refractivity contribution in [3.63, 3.8) is 0 Å². The van der Waals surface area contributed by atoms with Crippen molar-refractivity contribution in [1.82, 2.24) is 14.7 Å². The zero-order valence-electron chi connectivity index (χ0n) is 14.3. The number of hydrogen-bond acceptors (Lipinski definition) is 3. The van der Waals surface area contributed by atoms with Crippen molar-refractivity contribution in [2.75, 3.05) is 11.9 Å². The lowest BCUT2D eigenvalue weighted by molar-refractivity contribution is 0.194. The Morgan fingerprint density at radius 2 is 2.08 bits per heavy atom. The number of nitrogens with one attached hydrogen (secondary N) is 1. The first-order chi connectivity index (χ1) is 12.1. The van der Waals surface area contributed by atoms with E-state index in [1.165, 1.54) is 10.4 Å². The van der Waals surface area contributed by atoms with E-state index in [-0.39, 0.29) is 12.1 Å². The van der Waals surface area contributed by atoms with Gasteiger partial charge in [-0.3, -0.25) is 10.00 Å². The lowest BCUT2D eigenvalue weighted by Crippen LogP contribution is -2.42. The van der Waals surface area contributed by atoms with Crippen LogP contribution in [0, 0.1) is 6.92 Å². The second-order valence-corrected chi connectivity index (χ2v) is 7.28. The first-order valence-corrected chi connectivity index (χ1v) is 9.21. The first-order valence-electron chi connectivity index (χ1n) is 8.33. The maximum Gasteiger partial charge on any atom is 0.323 e. The molecule has 25 heavy (non-hydrogen) atoms. The fourth-order valence-electron chi connectivity index (χ4n) is 3.44. The molecule has 1 atom stereocenters. The van der Waals surface area contributed by atoms with E-state index in [4.69, 9.17) is 0 Å². The molecule has 2 aromatic heterocycles. The first kappa shape index (κ1) is 15.9. The van der Waals surface area contributed by atoms with Gasteiger partial charge in [0.25, 0.3) is 0 Å². The Bertz CT molecular complexity index is 899. The second-order valence-electron chi connectivity index (χ2n) is 6.28. The Balaban J connectivity index is 1.68. The SMILES string of the molecule is Cc1cc(NC(=O)N2CCc3sccc3C2c2ccccc2)n(C)n1. The summed E-state index contributed by atoms with van der Waals surface area (Å²) in [5.41, 5.74) is 3.26. The fourth-order valence-corrected chi connectivity index (χ4v) is 4.34. The van der Waals surface area contributed by atoms with Crippen LogP contribution in [0.25, 0.3) is 0 Å². The van der Waals surface area contributed by atoms with Gasteiger partial charge >= 0.3 is 6.03 Å². The third kappa shape index (κ3) is 2.93. The lowest BCUT2D eigenvalue weighted by atomic mass is 9.93. The van der Waals surface area contributed by atoms with E-state index < -0.39 is 0 Å². The predicted octanol–water partition coefficient (Wildman–Crippen LogP) is 3.97. The molecule has 3 heterocycles. The molecule has 0 fully saturated rings. The number of anilines is 1. The van der Waals surface area contributed by atoms with E-state index >= 15 is 0 Å². The molecule has 0 saturated carbocycles. The van der Waals surface area contributed by atoms with Gasteiger partial charge in [-0.2, -0.15) is 5.10 Å². The van der Waals surface area contributed by atoms with Crippen LogP contribution in [0.4, 0.5) is 10.6 Å². The Morgan fingerprint density at radius 1 is 1.28 bits per heavy atom. The highest BCUT2D eigenvalue weighted by Crippen LogP contribution is 2.37. The van der Waals surface area contributed by atoms with Gasteiger partial charge in [0, 0.05) is 24.5 Å². The highest BCUT2D eigenvalue weighted by molar-refractivity contribution is 7.10. The molecular weight excluding hydrogens is 332 g/mol. The molecule has 1 aromatic carbocycles. The van der Waals surface area contributed by atoms with E-state index in [0.29, 0.717) is 12.4 Å². The minimum absolute atomic E-state index is 0.0504. The Hall–Kier alpha value is -2.60. The predicted molar refractivity (Wildman–Crippen MR) is 100.0 cm³/mol. The van der Waals surface area contributed by atoms with Crippen molar-refractivity contribution in [3.05, 3.63) is 69.5 Å². The maximum absolute atomic E-state index is 13.0. The van der Waals surface area contributed by atoms with Crippen LogP contribution in [0.15, 0.2) is 47.8 Å². The second kappa shape index (κ2) is 6.37. The van der Waals surface area contributed by atoms with Crippen LogP contribution < -0.4 is 5.32 Å². The number of hydrogen-bond donors (Lipinski definition) is 1. The summed E-state index contributed by atoms with van der Waals surface area (Å²) in [4.78, 5) is 16.3. The summed E-state index contributed by atoms with van der Waals surface area (Å²) < 4.78 is 1.70. The summed E-state index contributed by atoms with van der Waals surface area (Å²) in [5.74, 6) is 0.713. The Kier molecular flexibility index (Phi) is 4.05. The minimum Gasteiger partial charge on any atom is -0.313 e. The zero-order chi connectivity index (χ0) is 17.4. The standard InChI is InChI=1S/C19H20N4OS/c1-13-12-17(22(2)21-13)20-19(24)23-10-8-16-15(9-11-25-16)18(23)14-6-4-3-5-7-14/h3-7,9,11-12,18H,8,10H2,1-2H3,(H,20,24). The highest BCUT2D eigenvalue weighted by atomic mass is 32.1. The molecule has 0 saturated heterocycles. The number of aromatic nitrogens is 2. The number of aryl methyl sites for hydroxylation is 2. The van der Waals surface area contributed by atoms with Crippen molar-refractivity contribution in [2.45, 2.75) is 19.4 Å². The van der Waals surface area contributed by atoms with Crippen molar-refractivity contribution in [2.24, 2.45) is 7.05 Å². The Morgan fingerprint density at radius 3 is 2.80 bits per heavy atom. The molecule has 1 N–H and O–H groups in total. The van der Waals surface area contributed by atoms with E-state index in [1.54, 1.807) is 16.0 Å². The van der Waals surface area contributed by atoms with Gasteiger partial charge in [-0.1, -0.05) is 30.3 Å². The number of urea groups is 1. The summed E-state index contributed by atoms with van der Waals surface area (Å²) in [6, 6.07) is 14.1. The van der Waals surface area contributed by atoms with Gasteiger partial charge in [-0.05, 0) is 35.9 Å². The summed E-state index contributed by atoms with van der Waals surface area (Å²) >= 11 is 1.77. The molecule has 128 valence electrons. The van der Waals surface area contributed by atoms with Gasteiger partial charge < -0.3 is 4.90 Å². The number of carbonyl (C=O) groups is 1. The van der Waals surface area contributed by atoms with Gasteiger partial charge in [0.2, 0.25) is 0 Å². The highest BCUT2D eigenvalue weighted by Gasteiger charge is 2.33. The molecule has 3 aromatic rings. The smallest absolute Gasteiger partial charge is 0.313 e. The van der Waals surface area contributed by atoms with Crippen LogP contribution in [0.5, 0.6) is 0 Å². The number of fused-ring (bicyclic) bond motifs is 1. The van der Waals surface area contributed by atoms with E-state index in [1.807, 2.05) is 43.1 Å². The largest absolute Gasteiger partial charge is 0.323 e. The van der Waals surface area contributed by atoms with Gasteiger partial charge in [0.15, 0.2) is 0 Å². The topological polar surface area (TPSA) is 50.2 Å². The van der Waals surface area contributed by atoms with Crippen LogP contribution in [-0.2, 0) is 13.5 Å². The fraction of sp³-hybridized carbons (Fsp3) is 0.263. The number of carbonyl (C=O) groups excluding carboxylic acids is 1. The molecule has 1 unspecified atom stereocenters. The van der Waals surface area contributed by atoms with Crippen molar-refractivity contribution in [3.8, 4) is 0 Å². The van der Waals surface area contributed by atoms with Crippen molar-refractivity contribution < 1.29 is 4.79 Å². The molecule has 0 aliphatic carbocycles. The molecule has 1 aliphatic heterocycles. The summed E-state index contributed by atoms with van der Waals surface area (Å²) in [5, 5.41) is 9.43. The number of benzene rings is 1. The van der Waals surface area contributed by atoms with Gasteiger partial charge in [0.05, 0.1) is 11.7 Å². The van der Waals surface area contributed by atoms with Gasteiger partial charge in [-0.25, -0.2) is 4.79 Å².